The number of amides is 1. The molecule has 2 aromatic carbocycles. The molecule has 9 heteroatoms. The lowest BCUT2D eigenvalue weighted by molar-refractivity contribution is -0.0228. The van der Waals surface area contributed by atoms with Gasteiger partial charge < -0.3 is 9.64 Å². The van der Waals surface area contributed by atoms with Crippen LogP contribution < -0.4 is 0 Å². The van der Waals surface area contributed by atoms with E-state index >= 15 is 0 Å². The summed E-state index contributed by atoms with van der Waals surface area (Å²) in [5.41, 5.74) is 1.26. The predicted molar refractivity (Wildman–Crippen MR) is 111 cm³/mol. The predicted octanol–water partition coefficient (Wildman–Crippen LogP) is 3.57. The van der Waals surface area contributed by atoms with Crippen LogP contribution in [0.5, 0.6) is 0 Å². The highest BCUT2D eigenvalue weighted by molar-refractivity contribution is 9.10. The summed E-state index contributed by atoms with van der Waals surface area (Å²) in [6.07, 6.45) is -0.254. The van der Waals surface area contributed by atoms with Gasteiger partial charge in [-0.2, -0.15) is 0 Å². The molecule has 2 aromatic rings. The molecule has 0 saturated carbocycles. The van der Waals surface area contributed by atoms with Gasteiger partial charge in [0.2, 0.25) is 10.0 Å². The molecule has 150 valence electrons. The van der Waals surface area contributed by atoms with Gasteiger partial charge in [-0.05, 0) is 51.8 Å². The van der Waals surface area contributed by atoms with Crippen LogP contribution in [0, 0.1) is 0 Å². The van der Waals surface area contributed by atoms with Crippen molar-refractivity contribution in [1.82, 2.24) is 9.21 Å². The fourth-order valence-corrected chi connectivity index (χ4v) is 4.90. The fourth-order valence-electron chi connectivity index (χ4n) is 2.93. The summed E-state index contributed by atoms with van der Waals surface area (Å²) < 4.78 is 32.4. The van der Waals surface area contributed by atoms with Crippen LogP contribution >= 0.6 is 27.5 Å². The van der Waals surface area contributed by atoms with Gasteiger partial charge in [-0.3, -0.25) is 4.79 Å². The molecule has 0 aromatic heterocycles. The number of benzene rings is 2. The first-order chi connectivity index (χ1) is 13.2. The number of ether oxygens (including phenoxy) is 1. The topological polar surface area (TPSA) is 66.9 Å². The van der Waals surface area contributed by atoms with Crippen LogP contribution in [0.15, 0.2) is 51.8 Å². The largest absolute Gasteiger partial charge is 0.370 e. The molecule has 0 spiro atoms. The lowest BCUT2D eigenvalue weighted by Crippen LogP contribution is -2.42. The smallest absolute Gasteiger partial charge is 0.254 e. The van der Waals surface area contributed by atoms with Crippen molar-refractivity contribution in [3.05, 3.63) is 63.1 Å². The van der Waals surface area contributed by atoms with Gasteiger partial charge >= 0.3 is 0 Å². The maximum Gasteiger partial charge on any atom is 0.254 e. The molecule has 6 nitrogen and oxygen atoms in total. The molecule has 1 aliphatic heterocycles. The monoisotopic (exact) mass is 486 g/mol. The first-order valence-corrected chi connectivity index (χ1v) is 11.2. The third-order valence-corrected chi connectivity index (χ3v) is 7.59. The number of morpholine rings is 1. The van der Waals surface area contributed by atoms with Crippen molar-refractivity contribution in [1.29, 1.82) is 0 Å². The number of sulfonamides is 1. The molecule has 1 unspecified atom stereocenters. The summed E-state index contributed by atoms with van der Waals surface area (Å²) in [6.45, 7) is 1.22. The molecule has 1 aliphatic rings. The average Bonchev–Trinajstić information content (AvgIpc) is 2.68. The van der Waals surface area contributed by atoms with Crippen LogP contribution in [-0.2, 0) is 14.8 Å². The fraction of sp³-hybridized carbons (Fsp3) is 0.316. The normalized spacial score (nSPS) is 17.8. The van der Waals surface area contributed by atoms with Gasteiger partial charge in [-0.15, -0.1) is 0 Å². The summed E-state index contributed by atoms with van der Waals surface area (Å²) in [6, 6.07) is 11.9. The van der Waals surface area contributed by atoms with Crippen molar-refractivity contribution >= 4 is 43.5 Å². The number of rotatable bonds is 4. The summed E-state index contributed by atoms with van der Waals surface area (Å²) in [7, 11) is -0.767. The van der Waals surface area contributed by atoms with Crippen molar-refractivity contribution in [2.24, 2.45) is 0 Å². The lowest BCUT2D eigenvalue weighted by Gasteiger charge is -2.33. The van der Waals surface area contributed by atoms with E-state index in [0.29, 0.717) is 34.8 Å². The molecule has 0 aliphatic carbocycles. The van der Waals surface area contributed by atoms with E-state index in [4.69, 9.17) is 16.3 Å². The molecule has 3 rings (SSSR count). The van der Waals surface area contributed by atoms with Gasteiger partial charge in [0.15, 0.2) is 0 Å². The first kappa shape index (κ1) is 21.3. The first-order valence-electron chi connectivity index (χ1n) is 8.58. The van der Waals surface area contributed by atoms with E-state index in [-0.39, 0.29) is 16.9 Å². The van der Waals surface area contributed by atoms with E-state index in [1.807, 2.05) is 12.1 Å². The van der Waals surface area contributed by atoms with Gasteiger partial charge in [0.05, 0.1) is 18.0 Å². The van der Waals surface area contributed by atoms with Crippen molar-refractivity contribution in [3.63, 3.8) is 0 Å². The molecule has 1 atom stereocenters. The van der Waals surface area contributed by atoms with Crippen LogP contribution in [0.4, 0.5) is 0 Å². The van der Waals surface area contributed by atoms with E-state index in [1.165, 1.54) is 20.2 Å². The number of halogens is 2. The highest BCUT2D eigenvalue weighted by atomic mass is 79.9. The zero-order valence-electron chi connectivity index (χ0n) is 15.4. The Labute approximate surface area is 178 Å². The van der Waals surface area contributed by atoms with E-state index in [2.05, 4.69) is 15.9 Å². The molecule has 28 heavy (non-hydrogen) atoms. The minimum Gasteiger partial charge on any atom is -0.370 e. The van der Waals surface area contributed by atoms with Crippen LogP contribution in [0.25, 0.3) is 0 Å². The number of hydrogen-bond donors (Lipinski definition) is 0. The highest BCUT2D eigenvalue weighted by Crippen LogP contribution is 2.28. The van der Waals surface area contributed by atoms with E-state index in [0.717, 1.165) is 9.87 Å². The third kappa shape index (κ3) is 4.41. The van der Waals surface area contributed by atoms with Crippen molar-refractivity contribution in [2.45, 2.75) is 11.0 Å². The Morgan fingerprint density at radius 1 is 1.21 bits per heavy atom. The SMILES string of the molecule is CN(C)S(=O)(=O)c1cc(C(=O)N2CCOC(c3ccc(Cl)cc3)C2)ccc1Br. The third-order valence-electron chi connectivity index (χ3n) is 4.53. The average molecular weight is 488 g/mol. The van der Waals surface area contributed by atoms with Crippen LogP contribution in [0.3, 0.4) is 0 Å². The van der Waals surface area contributed by atoms with Crippen molar-refractivity contribution in [3.8, 4) is 0 Å². The Hall–Kier alpha value is -1.45. The lowest BCUT2D eigenvalue weighted by atomic mass is 10.1. The molecule has 0 bridgehead atoms. The van der Waals surface area contributed by atoms with E-state index in [9.17, 15) is 13.2 Å². The quantitative estimate of drug-likeness (QED) is 0.661. The molecular formula is C19H20BrClN2O4S. The second-order valence-corrected chi connectivity index (χ2v) is 10.0. The Bertz CT molecular complexity index is 980. The summed E-state index contributed by atoms with van der Waals surface area (Å²) in [4.78, 5) is 14.8. The number of hydrogen-bond acceptors (Lipinski definition) is 4. The Kier molecular flexibility index (Phi) is 6.46. The van der Waals surface area contributed by atoms with Crippen LogP contribution in [-0.4, -0.2) is 57.3 Å². The Balaban J connectivity index is 1.84. The van der Waals surface area contributed by atoms with Gasteiger partial charge in [0.1, 0.15) is 6.10 Å². The minimum absolute atomic E-state index is 0.0610. The minimum atomic E-state index is -3.67. The van der Waals surface area contributed by atoms with Gasteiger partial charge in [-0.25, -0.2) is 12.7 Å². The van der Waals surface area contributed by atoms with Crippen LogP contribution in [0.1, 0.15) is 22.0 Å². The van der Waals surface area contributed by atoms with Crippen LogP contribution in [0.2, 0.25) is 5.02 Å². The molecule has 1 heterocycles. The Morgan fingerprint density at radius 3 is 2.54 bits per heavy atom. The number of carbonyl (C=O) groups is 1. The molecular weight excluding hydrogens is 468 g/mol. The summed E-state index contributed by atoms with van der Waals surface area (Å²) >= 11 is 9.20. The number of nitrogens with zero attached hydrogens (tertiary/aromatic N) is 2. The maximum atomic E-state index is 13.0. The Morgan fingerprint density at radius 2 is 1.89 bits per heavy atom. The second-order valence-electron chi connectivity index (χ2n) is 6.59. The maximum absolute atomic E-state index is 13.0. The van der Waals surface area contributed by atoms with Gasteiger partial charge in [0.25, 0.3) is 5.91 Å². The standard InChI is InChI=1S/C19H20BrClN2O4S/c1-22(2)28(25,26)18-11-14(5-8-16(18)20)19(24)23-9-10-27-17(12-23)13-3-6-15(21)7-4-13/h3-8,11,17H,9-10,12H2,1-2H3. The van der Waals surface area contributed by atoms with E-state index < -0.39 is 10.0 Å². The molecule has 1 fully saturated rings. The van der Waals surface area contributed by atoms with Crippen molar-refractivity contribution < 1.29 is 17.9 Å². The van der Waals surface area contributed by atoms with E-state index in [1.54, 1.807) is 29.2 Å². The molecule has 0 radical (unpaired) electrons. The zero-order valence-corrected chi connectivity index (χ0v) is 18.6. The summed E-state index contributed by atoms with van der Waals surface area (Å²) in [5, 5.41) is 0.636. The zero-order chi connectivity index (χ0) is 20.5. The molecule has 1 amide bonds. The van der Waals surface area contributed by atoms with Crippen molar-refractivity contribution in [2.75, 3.05) is 33.8 Å². The molecule has 1 saturated heterocycles. The second kappa shape index (κ2) is 8.51. The van der Waals surface area contributed by atoms with Gasteiger partial charge in [-0.1, -0.05) is 23.7 Å². The number of carbonyl (C=O) groups excluding carboxylic acids is 1. The highest BCUT2D eigenvalue weighted by Gasteiger charge is 2.28. The molecule has 0 N–H and O–H groups in total. The van der Waals surface area contributed by atoms with Gasteiger partial charge in [0, 0.05) is 35.7 Å². The summed E-state index contributed by atoms with van der Waals surface area (Å²) in [5.74, 6) is -0.232.